The Morgan fingerprint density at radius 3 is 2.25 bits per heavy atom. The maximum Gasteiger partial charge on any atom is 0.155 e. The van der Waals surface area contributed by atoms with E-state index in [0.29, 0.717) is 0 Å². The molecule has 28 heavy (non-hydrogen) atoms. The number of nitrogens with zero attached hydrogens (tertiary/aromatic N) is 1. The van der Waals surface area contributed by atoms with E-state index >= 15 is 0 Å². The molecule has 3 aromatic rings. The monoisotopic (exact) mass is 553 g/mol. The van der Waals surface area contributed by atoms with E-state index in [4.69, 9.17) is 10.1 Å². The van der Waals surface area contributed by atoms with Crippen molar-refractivity contribution >= 4 is 16.7 Å². The number of aliphatic hydroxyl groups excluding tert-OH is 1. The van der Waals surface area contributed by atoms with Gasteiger partial charge in [-0.1, -0.05) is 45.0 Å². The molecule has 0 saturated heterocycles. The van der Waals surface area contributed by atoms with Gasteiger partial charge in [-0.05, 0) is 38.1 Å². The quantitative estimate of drug-likeness (QED) is 0.242. The zero-order valence-electron chi connectivity index (χ0n) is 17.2. The molecule has 1 heterocycles. The number of hydrogen-bond acceptors (Lipinski definition) is 3. The van der Waals surface area contributed by atoms with Gasteiger partial charge in [-0.2, -0.15) is 0 Å². The predicted octanol–water partition coefficient (Wildman–Crippen LogP) is 5.97. The first-order chi connectivity index (χ1) is 12.7. The number of ketones is 1. The van der Waals surface area contributed by atoms with Crippen LogP contribution in [0, 0.1) is 33.8 Å². The second-order valence-corrected chi connectivity index (χ2v) is 6.83. The number of aliphatic hydroxyl groups is 1. The van der Waals surface area contributed by atoms with Crippen molar-refractivity contribution in [3.8, 4) is 11.3 Å². The number of rotatable bonds is 2. The second kappa shape index (κ2) is 10.3. The summed E-state index contributed by atoms with van der Waals surface area (Å²) in [5, 5.41) is 9.58. The van der Waals surface area contributed by atoms with Crippen LogP contribution in [0.4, 0.5) is 0 Å². The topological polar surface area (TPSA) is 50.2 Å². The summed E-state index contributed by atoms with van der Waals surface area (Å²) in [7, 11) is 0. The second-order valence-electron chi connectivity index (χ2n) is 6.83. The van der Waals surface area contributed by atoms with Crippen molar-refractivity contribution < 1.29 is 30.0 Å². The van der Waals surface area contributed by atoms with Crippen LogP contribution in [0.3, 0.4) is 0 Å². The SMILES string of the molecule is CC(=O)/C=C(/C)O.Cc1c[c-]c(-c2cc(C)c3ccccc3n2)c(C)c1C.[Ir]. The summed E-state index contributed by atoms with van der Waals surface area (Å²) in [6.45, 7) is 11.4. The van der Waals surface area contributed by atoms with Crippen LogP contribution in [-0.2, 0) is 24.9 Å². The summed E-state index contributed by atoms with van der Waals surface area (Å²) in [4.78, 5) is 14.8. The Balaban J connectivity index is 0.000000425. The number of fused-ring (bicyclic) bond motifs is 1. The van der Waals surface area contributed by atoms with Crippen molar-refractivity contribution in [2.75, 3.05) is 0 Å². The molecular formula is C24H26IrNO2-. The summed E-state index contributed by atoms with van der Waals surface area (Å²) >= 11 is 0. The number of aryl methyl sites for hydroxylation is 2. The molecular weight excluding hydrogens is 526 g/mol. The van der Waals surface area contributed by atoms with Gasteiger partial charge in [-0.25, -0.2) is 0 Å². The van der Waals surface area contributed by atoms with E-state index in [1.54, 1.807) is 0 Å². The average Bonchev–Trinajstić information content (AvgIpc) is 2.59. The van der Waals surface area contributed by atoms with E-state index in [1.165, 1.54) is 47.6 Å². The Hall–Kier alpha value is -2.29. The summed E-state index contributed by atoms with van der Waals surface area (Å²) in [5.74, 6) is -0.0625. The Morgan fingerprint density at radius 2 is 1.68 bits per heavy atom. The van der Waals surface area contributed by atoms with Gasteiger partial charge < -0.3 is 5.11 Å². The molecule has 4 heteroatoms. The summed E-state index contributed by atoms with van der Waals surface area (Å²) in [5.41, 5.74) is 8.32. The van der Waals surface area contributed by atoms with Crippen LogP contribution in [0.5, 0.6) is 0 Å². The number of allylic oxidation sites excluding steroid dienone is 2. The number of para-hydroxylation sites is 1. The van der Waals surface area contributed by atoms with E-state index in [-0.39, 0.29) is 31.6 Å². The van der Waals surface area contributed by atoms with Crippen LogP contribution < -0.4 is 0 Å². The molecule has 1 aromatic heterocycles. The molecule has 0 aliphatic carbocycles. The number of hydrogen-bond donors (Lipinski definition) is 1. The molecule has 1 N–H and O–H groups in total. The summed E-state index contributed by atoms with van der Waals surface area (Å²) < 4.78 is 0. The molecule has 1 radical (unpaired) electrons. The van der Waals surface area contributed by atoms with E-state index in [1.807, 2.05) is 6.07 Å². The van der Waals surface area contributed by atoms with Crippen LogP contribution >= 0.6 is 0 Å². The molecule has 3 nitrogen and oxygen atoms in total. The van der Waals surface area contributed by atoms with Crippen molar-refractivity contribution in [1.29, 1.82) is 0 Å². The fourth-order valence-electron chi connectivity index (χ4n) is 2.92. The number of aromatic nitrogens is 1. The van der Waals surface area contributed by atoms with Gasteiger partial charge in [0, 0.05) is 31.6 Å². The standard InChI is InChI=1S/C19H18N.C5H8O2.Ir/c1-12-9-10-17(15(4)14(12)3)19-11-13(2)16-7-5-6-8-18(16)20-19;1-4(6)3-5(2)7;/h5-9,11H,1-4H3;3,6H,1-2H3;/q-1;;/b;4-3-;. The molecule has 0 unspecified atom stereocenters. The fourth-order valence-corrected chi connectivity index (χ4v) is 2.92. The number of carbonyl (C=O) groups excluding carboxylic acids is 1. The van der Waals surface area contributed by atoms with Gasteiger partial charge >= 0.3 is 0 Å². The third-order valence-corrected chi connectivity index (χ3v) is 4.55. The Bertz CT molecular complexity index is 1020. The zero-order chi connectivity index (χ0) is 20.1. The number of benzene rings is 2. The molecule has 0 spiro atoms. The molecule has 0 atom stereocenters. The average molecular weight is 553 g/mol. The summed E-state index contributed by atoms with van der Waals surface area (Å²) in [6.07, 6.45) is 1.17. The minimum absolute atomic E-state index is 0. The maximum atomic E-state index is 10.0. The first kappa shape index (κ1) is 23.7. The predicted molar refractivity (Wildman–Crippen MR) is 112 cm³/mol. The molecule has 0 saturated carbocycles. The van der Waals surface area contributed by atoms with E-state index in [0.717, 1.165) is 16.8 Å². The van der Waals surface area contributed by atoms with E-state index in [9.17, 15) is 4.79 Å². The fraction of sp³-hybridized carbons (Fsp3) is 0.250. The smallest absolute Gasteiger partial charge is 0.155 e. The van der Waals surface area contributed by atoms with Gasteiger partial charge in [0.25, 0.3) is 0 Å². The molecule has 0 aliphatic rings. The first-order valence-electron chi connectivity index (χ1n) is 8.93. The van der Waals surface area contributed by atoms with Crippen LogP contribution in [0.2, 0.25) is 0 Å². The van der Waals surface area contributed by atoms with Crippen molar-refractivity contribution in [2.45, 2.75) is 41.5 Å². The number of pyridine rings is 1. The minimum Gasteiger partial charge on any atom is -0.512 e. The zero-order valence-corrected chi connectivity index (χ0v) is 19.6. The molecule has 2 aromatic carbocycles. The third-order valence-electron chi connectivity index (χ3n) is 4.55. The maximum absolute atomic E-state index is 10.0. The molecule has 149 valence electrons. The van der Waals surface area contributed by atoms with Gasteiger partial charge in [0.1, 0.15) is 0 Å². The minimum atomic E-state index is -0.125. The van der Waals surface area contributed by atoms with Gasteiger partial charge in [-0.3, -0.25) is 9.78 Å². The molecule has 0 aliphatic heterocycles. The van der Waals surface area contributed by atoms with E-state index in [2.05, 4.69) is 64.1 Å². The van der Waals surface area contributed by atoms with Crippen LogP contribution in [0.1, 0.15) is 36.1 Å². The van der Waals surface area contributed by atoms with Crippen molar-refractivity contribution in [3.05, 3.63) is 76.6 Å². The van der Waals surface area contributed by atoms with Gasteiger partial charge in [-0.15, -0.1) is 34.4 Å². The van der Waals surface area contributed by atoms with Crippen LogP contribution in [-0.4, -0.2) is 15.9 Å². The van der Waals surface area contributed by atoms with Crippen molar-refractivity contribution in [2.24, 2.45) is 0 Å². The van der Waals surface area contributed by atoms with Gasteiger partial charge in [0.2, 0.25) is 0 Å². The largest absolute Gasteiger partial charge is 0.512 e. The first-order valence-corrected chi connectivity index (χ1v) is 8.93. The molecule has 0 fully saturated rings. The molecule has 0 amide bonds. The third kappa shape index (κ3) is 5.85. The van der Waals surface area contributed by atoms with Crippen molar-refractivity contribution in [1.82, 2.24) is 4.98 Å². The number of carbonyl (C=O) groups is 1. The van der Waals surface area contributed by atoms with E-state index < -0.39 is 0 Å². The Labute approximate surface area is 180 Å². The summed E-state index contributed by atoms with van der Waals surface area (Å²) in [6, 6.07) is 15.9. The van der Waals surface area contributed by atoms with Crippen LogP contribution in [0.25, 0.3) is 22.2 Å². The Morgan fingerprint density at radius 1 is 1.04 bits per heavy atom. The normalized spacial score (nSPS) is 10.7. The van der Waals surface area contributed by atoms with Gasteiger partial charge in [0.15, 0.2) is 5.78 Å². The molecule has 3 rings (SSSR count). The van der Waals surface area contributed by atoms with Crippen molar-refractivity contribution in [3.63, 3.8) is 0 Å². The molecule has 0 bridgehead atoms. The van der Waals surface area contributed by atoms with Crippen LogP contribution in [0.15, 0.2) is 48.2 Å². The Kier molecular flexibility index (Phi) is 8.74. The van der Waals surface area contributed by atoms with Gasteiger partial charge in [0.05, 0.1) is 11.3 Å².